The van der Waals surface area contributed by atoms with E-state index in [9.17, 15) is 0 Å². The summed E-state index contributed by atoms with van der Waals surface area (Å²) in [5, 5.41) is 15.1. The Hall–Kier alpha value is -2.00. The van der Waals surface area contributed by atoms with E-state index in [-0.39, 0.29) is 5.82 Å². The maximum Gasteiger partial charge on any atom is 0.243 e. The topological polar surface area (TPSA) is 108 Å². The average molecular weight is 251 g/mol. The third-order valence-corrected chi connectivity index (χ3v) is 2.81. The Kier molecular flexibility index (Phi) is 2.90. The van der Waals surface area contributed by atoms with Crippen molar-refractivity contribution in [3.8, 4) is 5.82 Å². The van der Waals surface area contributed by atoms with E-state index in [0.717, 1.165) is 32.0 Å². The third-order valence-electron chi connectivity index (χ3n) is 2.81. The van der Waals surface area contributed by atoms with Crippen LogP contribution in [0.1, 0.15) is 5.69 Å². The van der Waals surface area contributed by atoms with Crippen LogP contribution in [0.4, 0.5) is 5.82 Å². The molecule has 2 N–H and O–H groups in total. The number of aromatic nitrogens is 5. The molecule has 1 saturated heterocycles. The van der Waals surface area contributed by atoms with Gasteiger partial charge in [0.05, 0.1) is 25.1 Å². The second-order valence-electron chi connectivity index (χ2n) is 4.00. The van der Waals surface area contributed by atoms with Crippen LogP contribution < -0.4 is 5.73 Å². The largest absolute Gasteiger partial charge is 0.379 e. The van der Waals surface area contributed by atoms with Gasteiger partial charge in [-0.15, -0.1) is 5.10 Å². The molecule has 0 radical (unpaired) electrons. The number of nitrogens with zero attached hydrogens (tertiary/aromatic N) is 6. The van der Waals surface area contributed by atoms with Crippen LogP contribution in [-0.2, 0) is 11.3 Å². The first kappa shape index (κ1) is 11.1. The molecule has 0 bridgehead atoms. The van der Waals surface area contributed by atoms with Crippen LogP contribution in [0.15, 0.2) is 10.8 Å². The Morgan fingerprint density at radius 2 is 2.11 bits per heavy atom. The van der Waals surface area contributed by atoms with E-state index in [1.165, 1.54) is 0 Å². The number of hydrogen-bond donors (Lipinski definition) is 1. The molecule has 1 aliphatic rings. The molecule has 1 aliphatic heterocycles. The molecule has 9 heteroatoms. The molecule has 3 rings (SSSR count). The molecule has 3 heterocycles. The van der Waals surface area contributed by atoms with Crippen molar-refractivity contribution in [2.24, 2.45) is 0 Å². The van der Waals surface area contributed by atoms with Crippen molar-refractivity contribution < 1.29 is 9.37 Å². The van der Waals surface area contributed by atoms with Crippen molar-refractivity contribution in [1.82, 2.24) is 30.2 Å². The fraction of sp³-hybridized carbons (Fsp3) is 0.556. The van der Waals surface area contributed by atoms with E-state index in [1.807, 2.05) is 0 Å². The molecule has 0 unspecified atom stereocenters. The van der Waals surface area contributed by atoms with Crippen LogP contribution in [0.2, 0.25) is 0 Å². The summed E-state index contributed by atoms with van der Waals surface area (Å²) in [5.41, 5.74) is 6.53. The maximum absolute atomic E-state index is 5.64. The van der Waals surface area contributed by atoms with Gasteiger partial charge in [0.2, 0.25) is 11.6 Å². The van der Waals surface area contributed by atoms with Gasteiger partial charge in [-0.25, -0.2) is 4.63 Å². The molecule has 0 spiro atoms. The van der Waals surface area contributed by atoms with Crippen LogP contribution in [0.25, 0.3) is 5.82 Å². The molecular formula is C9H13N7O2. The number of hydrogen-bond acceptors (Lipinski definition) is 8. The van der Waals surface area contributed by atoms with Crippen molar-refractivity contribution in [1.29, 1.82) is 0 Å². The van der Waals surface area contributed by atoms with Gasteiger partial charge in [0.1, 0.15) is 0 Å². The fourth-order valence-electron chi connectivity index (χ4n) is 1.87. The van der Waals surface area contributed by atoms with E-state index in [4.69, 9.17) is 10.5 Å². The summed E-state index contributed by atoms with van der Waals surface area (Å²) in [6, 6.07) is 0. The zero-order chi connectivity index (χ0) is 12.4. The minimum Gasteiger partial charge on any atom is -0.379 e. The predicted molar refractivity (Wildman–Crippen MR) is 59.7 cm³/mol. The molecule has 18 heavy (non-hydrogen) atoms. The first-order valence-corrected chi connectivity index (χ1v) is 5.62. The molecule has 0 amide bonds. The van der Waals surface area contributed by atoms with Crippen molar-refractivity contribution in [3.05, 3.63) is 11.9 Å². The summed E-state index contributed by atoms with van der Waals surface area (Å²) in [5.74, 6) is 0.569. The Balaban J connectivity index is 1.81. The predicted octanol–water partition coefficient (Wildman–Crippen LogP) is -0.935. The summed E-state index contributed by atoms with van der Waals surface area (Å²) in [4.78, 5) is 2.25. The lowest BCUT2D eigenvalue weighted by Crippen LogP contribution is -2.36. The van der Waals surface area contributed by atoms with E-state index in [1.54, 1.807) is 10.9 Å². The van der Waals surface area contributed by atoms with Gasteiger partial charge in [0.25, 0.3) is 0 Å². The lowest BCUT2D eigenvalue weighted by atomic mass is 10.3. The minimum atomic E-state index is 0.198. The van der Waals surface area contributed by atoms with E-state index < -0.39 is 0 Å². The zero-order valence-electron chi connectivity index (χ0n) is 9.69. The third kappa shape index (κ3) is 2.05. The molecule has 0 aliphatic carbocycles. The van der Waals surface area contributed by atoms with Gasteiger partial charge in [-0.05, 0) is 10.3 Å². The lowest BCUT2D eigenvalue weighted by Gasteiger charge is -2.26. The number of morpholine rings is 1. The van der Waals surface area contributed by atoms with E-state index >= 15 is 0 Å². The number of nitrogen functional groups attached to an aromatic ring is 1. The van der Waals surface area contributed by atoms with Crippen LogP contribution in [0.5, 0.6) is 0 Å². The highest BCUT2D eigenvalue weighted by atomic mass is 16.6. The van der Waals surface area contributed by atoms with Gasteiger partial charge in [-0.2, -0.15) is 4.68 Å². The summed E-state index contributed by atoms with van der Waals surface area (Å²) in [6.07, 6.45) is 1.68. The molecule has 2 aromatic rings. The first-order chi connectivity index (χ1) is 8.84. The van der Waals surface area contributed by atoms with Gasteiger partial charge in [-0.1, -0.05) is 5.21 Å². The minimum absolute atomic E-state index is 0.198. The van der Waals surface area contributed by atoms with Crippen LogP contribution in [0.3, 0.4) is 0 Å². The van der Waals surface area contributed by atoms with Crippen LogP contribution >= 0.6 is 0 Å². The van der Waals surface area contributed by atoms with Crippen LogP contribution in [0, 0.1) is 0 Å². The Morgan fingerprint density at radius 1 is 1.28 bits per heavy atom. The van der Waals surface area contributed by atoms with E-state index in [0.29, 0.717) is 12.4 Å². The first-order valence-electron chi connectivity index (χ1n) is 5.62. The van der Waals surface area contributed by atoms with Crippen molar-refractivity contribution in [3.63, 3.8) is 0 Å². The maximum atomic E-state index is 5.64. The standard InChI is InChI=1S/C9H13N7O2/c10-8-9(13-18-12-8)16-7(5-11-14-16)6-15-1-3-17-4-2-15/h5H,1-4,6H2,(H2,10,12). The smallest absolute Gasteiger partial charge is 0.243 e. The van der Waals surface area contributed by atoms with Crippen molar-refractivity contribution >= 4 is 5.82 Å². The van der Waals surface area contributed by atoms with Gasteiger partial charge < -0.3 is 10.5 Å². The lowest BCUT2D eigenvalue weighted by molar-refractivity contribution is 0.0333. The quantitative estimate of drug-likeness (QED) is 0.745. The molecule has 2 aromatic heterocycles. The Morgan fingerprint density at radius 3 is 2.83 bits per heavy atom. The SMILES string of the molecule is Nc1nonc1-n1nncc1CN1CCOCC1. The number of ether oxygens (including phenoxy) is 1. The van der Waals surface area contributed by atoms with Crippen molar-refractivity contribution in [2.75, 3.05) is 32.0 Å². The fourth-order valence-corrected chi connectivity index (χ4v) is 1.87. The highest BCUT2D eigenvalue weighted by Gasteiger charge is 2.18. The second-order valence-corrected chi connectivity index (χ2v) is 4.00. The molecule has 96 valence electrons. The average Bonchev–Trinajstić information content (AvgIpc) is 2.99. The summed E-state index contributed by atoms with van der Waals surface area (Å²) in [7, 11) is 0. The molecule has 1 fully saturated rings. The van der Waals surface area contributed by atoms with Crippen molar-refractivity contribution in [2.45, 2.75) is 6.54 Å². The number of anilines is 1. The monoisotopic (exact) mass is 251 g/mol. The highest BCUT2D eigenvalue weighted by Crippen LogP contribution is 2.14. The molecular weight excluding hydrogens is 238 g/mol. The van der Waals surface area contributed by atoms with Crippen LogP contribution in [-0.4, -0.2) is 56.5 Å². The summed E-state index contributed by atoms with van der Waals surface area (Å²) in [6.45, 7) is 3.97. The number of rotatable bonds is 3. The normalized spacial score (nSPS) is 17.1. The van der Waals surface area contributed by atoms with E-state index in [2.05, 4.69) is 30.2 Å². The molecule has 0 atom stereocenters. The molecule has 0 aromatic carbocycles. The Bertz CT molecular complexity index is 516. The molecule has 9 nitrogen and oxygen atoms in total. The molecule has 0 saturated carbocycles. The summed E-state index contributed by atoms with van der Waals surface area (Å²) >= 11 is 0. The second kappa shape index (κ2) is 4.70. The highest BCUT2D eigenvalue weighted by molar-refractivity contribution is 5.44. The van der Waals surface area contributed by atoms with Gasteiger partial charge in [-0.3, -0.25) is 4.90 Å². The summed E-state index contributed by atoms with van der Waals surface area (Å²) < 4.78 is 11.4. The number of nitrogens with two attached hydrogens (primary N) is 1. The zero-order valence-corrected chi connectivity index (χ0v) is 9.69. The van der Waals surface area contributed by atoms with Gasteiger partial charge >= 0.3 is 0 Å². The van der Waals surface area contributed by atoms with Gasteiger partial charge in [0, 0.05) is 19.6 Å². The van der Waals surface area contributed by atoms with Gasteiger partial charge in [0.15, 0.2) is 0 Å². The Labute approximate surface area is 102 Å².